The summed E-state index contributed by atoms with van der Waals surface area (Å²) >= 11 is 0. The van der Waals surface area contributed by atoms with Gasteiger partial charge in [-0.15, -0.1) is 0 Å². The van der Waals surface area contributed by atoms with E-state index in [0.29, 0.717) is 13.2 Å². The number of rotatable bonds is 3. The molecule has 24 heavy (non-hydrogen) atoms. The van der Waals surface area contributed by atoms with Gasteiger partial charge in [-0.05, 0) is 63.1 Å². The summed E-state index contributed by atoms with van der Waals surface area (Å²) in [4.78, 5) is 12.4. The highest BCUT2D eigenvalue weighted by Gasteiger charge is 2.25. The molecule has 0 aromatic heterocycles. The molecule has 0 radical (unpaired) electrons. The largest absolute Gasteiger partial charge is 0.486 e. The second kappa shape index (κ2) is 6.88. The predicted molar refractivity (Wildman–Crippen MR) is 94.3 cm³/mol. The zero-order valence-electron chi connectivity index (χ0n) is 14.9. The van der Waals surface area contributed by atoms with Crippen molar-refractivity contribution in [3.05, 3.63) is 35.4 Å². The third-order valence-corrected chi connectivity index (χ3v) is 4.95. The van der Waals surface area contributed by atoms with Crippen molar-refractivity contribution in [3.8, 4) is 11.5 Å². The molecule has 1 amide bonds. The molecule has 4 nitrogen and oxygen atoms in total. The van der Waals surface area contributed by atoms with Gasteiger partial charge in [0.2, 0.25) is 5.91 Å². The molecule has 1 N–H and O–H groups in total. The average Bonchev–Trinajstić information content (AvgIpc) is 2.56. The van der Waals surface area contributed by atoms with Crippen LogP contribution in [0.1, 0.15) is 52.0 Å². The summed E-state index contributed by atoms with van der Waals surface area (Å²) in [6.45, 7) is 7.45. The number of fused-ring (bicyclic) bond motifs is 1. The van der Waals surface area contributed by atoms with E-state index in [0.717, 1.165) is 35.8 Å². The van der Waals surface area contributed by atoms with E-state index in [-0.39, 0.29) is 5.91 Å². The van der Waals surface area contributed by atoms with E-state index in [1.807, 2.05) is 32.0 Å². The molecule has 0 unspecified atom stereocenters. The van der Waals surface area contributed by atoms with Crippen molar-refractivity contribution >= 4 is 5.91 Å². The zero-order valence-corrected chi connectivity index (χ0v) is 14.9. The Morgan fingerprint density at radius 2 is 1.83 bits per heavy atom. The fraction of sp³-hybridized carbons (Fsp3) is 0.550. The van der Waals surface area contributed by atoms with E-state index >= 15 is 0 Å². The van der Waals surface area contributed by atoms with Crippen molar-refractivity contribution < 1.29 is 14.3 Å². The lowest BCUT2D eigenvalue weighted by molar-refractivity contribution is -0.118. The van der Waals surface area contributed by atoms with E-state index in [9.17, 15) is 4.79 Å². The Kier molecular flexibility index (Phi) is 4.83. The van der Waals surface area contributed by atoms with Crippen LogP contribution < -0.4 is 14.8 Å². The number of ether oxygens (including phenoxy) is 2. The molecule has 1 aliphatic carbocycles. The monoisotopic (exact) mass is 329 g/mol. The number of carbonyl (C=O) groups is 1. The first kappa shape index (κ1) is 16.9. The summed E-state index contributed by atoms with van der Waals surface area (Å²) in [6, 6.07) is 5.87. The van der Waals surface area contributed by atoms with E-state index in [1.54, 1.807) is 6.08 Å². The SMILES string of the molecule is CC1CCC(=CC(=O)NC(C)(C)c2ccc3c(c2)OCCO3)CC1. The zero-order chi connectivity index (χ0) is 17.2. The van der Waals surface area contributed by atoms with Crippen LogP contribution in [0.5, 0.6) is 11.5 Å². The number of hydrogen-bond acceptors (Lipinski definition) is 3. The van der Waals surface area contributed by atoms with E-state index in [1.165, 1.54) is 18.4 Å². The lowest BCUT2D eigenvalue weighted by atomic mass is 9.87. The Hall–Kier alpha value is -1.97. The first-order valence-corrected chi connectivity index (χ1v) is 8.86. The van der Waals surface area contributed by atoms with Crippen molar-refractivity contribution in [1.82, 2.24) is 5.32 Å². The highest BCUT2D eigenvalue weighted by atomic mass is 16.6. The summed E-state index contributed by atoms with van der Waals surface area (Å²) in [5, 5.41) is 3.13. The van der Waals surface area contributed by atoms with E-state index in [4.69, 9.17) is 9.47 Å². The first-order chi connectivity index (χ1) is 11.4. The number of carbonyl (C=O) groups excluding carboxylic acids is 1. The summed E-state index contributed by atoms with van der Waals surface area (Å²) < 4.78 is 11.2. The number of hydrogen-bond donors (Lipinski definition) is 1. The third kappa shape index (κ3) is 3.92. The van der Waals surface area contributed by atoms with Crippen molar-refractivity contribution in [2.24, 2.45) is 5.92 Å². The molecule has 1 aromatic carbocycles. The normalized spacial score (nSPS) is 20.5. The van der Waals surface area contributed by atoms with Crippen LogP contribution in [-0.4, -0.2) is 19.1 Å². The molecule has 0 spiro atoms. The first-order valence-electron chi connectivity index (χ1n) is 8.86. The highest BCUT2D eigenvalue weighted by Crippen LogP contribution is 2.34. The third-order valence-electron chi connectivity index (χ3n) is 4.95. The smallest absolute Gasteiger partial charge is 0.244 e. The highest BCUT2D eigenvalue weighted by molar-refractivity contribution is 5.89. The van der Waals surface area contributed by atoms with Gasteiger partial charge >= 0.3 is 0 Å². The molecular weight excluding hydrogens is 302 g/mol. The molecule has 1 fully saturated rings. The lowest BCUT2D eigenvalue weighted by Crippen LogP contribution is -2.40. The Balaban J connectivity index is 1.69. The molecule has 1 heterocycles. The lowest BCUT2D eigenvalue weighted by Gasteiger charge is -2.28. The number of nitrogens with one attached hydrogen (secondary N) is 1. The van der Waals surface area contributed by atoms with Crippen LogP contribution in [0, 0.1) is 5.92 Å². The van der Waals surface area contributed by atoms with Gasteiger partial charge in [0.15, 0.2) is 11.5 Å². The maximum Gasteiger partial charge on any atom is 0.244 e. The second-order valence-electron chi connectivity index (χ2n) is 7.46. The van der Waals surface area contributed by atoms with Crippen molar-refractivity contribution in [2.75, 3.05) is 13.2 Å². The molecule has 1 aromatic rings. The molecule has 130 valence electrons. The predicted octanol–water partition coefficient (Wildman–Crippen LogP) is 3.95. The van der Waals surface area contributed by atoms with Crippen LogP contribution >= 0.6 is 0 Å². The molecule has 2 aliphatic rings. The minimum Gasteiger partial charge on any atom is -0.486 e. The summed E-state index contributed by atoms with van der Waals surface area (Å²) in [5.41, 5.74) is 1.81. The minimum absolute atomic E-state index is 0.0144. The molecule has 3 rings (SSSR count). The Labute approximate surface area is 144 Å². The van der Waals surface area contributed by atoms with Gasteiger partial charge in [0.1, 0.15) is 13.2 Å². The van der Waals surface area contributed by atoms with Crippen LogP contribution in [0.25, 0.3) is 0 Å². The quantitative estimate of drug-likeness (QED) is 0.854. The van der Waals surface area contributed by atoms with Crippen LogP contribution in [0.3, 0.4) is 0 Å². The van der Waals surface area contributed by atoms with Gasteiger partial charge < -0.3 is 14.8 Å². The van der Waals surface area contributed by atoms with Gasteiger partial charge in [-0.2, -0.15) is 0 Å². The molecular formula is C20H27NO3. The minimum atomic E-state index is -0.466. The van der Waals surface area contributed by atoms with Crippen molar-refractivity contribution in [1.29, 1.82) is 0 Å². The van der Waals surface area contributed by atoms with Gasteiger partial charge in [-0.1, -0.05) is 18.6 Å². The van der Waals surface area contributed by atoms with Gasteiger partial charge in [-0.3, -0.25) is 4.79 Å². The van der Waals surface area contributed by atoms with E-state index in [2.05, 4.69) is 12.2 Å². The van der Waals surface area contributed by atoms with Crippen molar-refractivity contribution in [3.63, 3.8) is 0 Å². The molecule has 1 saturated carbocycles. The molecule has 1 aliphatic heterocycles. The molecule has 0 bridgehead atoms. The molecule has 4 heteroatoms. The Bertz CT molecular complexity index is 638. The van der Waals surface area contributed by atoms with Gasteiger partial charge in [0.25, 0.3) is 0 Å². The second-order valence-corrected chi connectivity index (χ2v) is 7.46. The topological polar surface area (TPSA) is 47.6 Å². The fourth-order valence-electron chi connectivity index (χ4n) is 3.31. The molecule has 0 atom stereocenters. The van der Waals surface area contributed by atoms with Gasteiger partial charge in [-0.25, -0.2) is 0 Å². The standard InChI is InChI=1S/C20H27NO3/c1-14-4-6-15(7-5-14)12-19(22)21-20(2,3)16-8-9-17-18(13-16)24-11-10-23-17/h8-9,12-14H,4-7,10-11H2,1-3H3,(H,21,22). The maximum absolute atomic E-state index is 12.4. The van der Waals surface area contributed by atoms with Gasteiger partial charge in [0.05, 0.1) is 5.54 Å². The number of amides is 1. The summed E-state index contributed by atoms with van der Waals surface area (Å²) in [5.74, 6) is 2.28. The Morgan fingerprint density at radius 1 is 1.17 bits per heavy atom. The van der Waals surface area contributed by atoms with Crippen molar-refractivity contribution in [2.45, 2.75) is 52.0 Å². The van der Waals surface area contributed by atoms with Crippen LogP contribution in [-0.2, 0) is 10.3 Å². The van der Waals surface area contributed by atoms with Gasteiger partial charge in [0, 0.05) is 6.08 Å². The average molecular weight is 329 g/mol. The fourth-order valence-corrected chi connectivity index (χ4v) is 3.31. The van der Waals surface area contributed by atoms with Crippen LogP contribution in [0.15, 0.2) is 29.8 Å². The van der Waals surface area contributed by atoms with Crippen LogP contribution in [0.4, 0.5) is 0 Å². The summed E-state index contributed by atoms with van der Waals surface area (Å²) in [6.07, 6.45) is 6.25. The number of allylic oxidation sites excluding steroid dienone is 1. The van der Waals surface area contributed by atoms with Crippen LogP contribution in [0.2, 0.25) is 0 Å². The molecule has 0 saturated heterocycles. The maximum atomic E-state index is 12.4. The van der Waals surface area contributed by atoms with E-state index < -0.39 is 5.54 Å². The number of benzene rings is 1. The summed E-state index contributed by atoms with van der Waals surface area (Å²) in [7, 11) is 0. The Morgan fingerprint density at radius 3 is 2.54 bits per heavy atom.